The first kappa shape index (κ1) is 29.0. The van der Waals surface area contributed by atoms with Crippen molar-refractivity contribution in [2.45, 2.75) is 74.4 Å². The van der Waals surface area contributed by atoms with Crippen molar-refractivity contribution in [2.75, 3.05) is 0 Å². The van der Waals surface area contributed by atoms with Crippen LogP contribution in [0.1, 0.15) is 44.9 Å². The molecule has 0 aliphatic carbocycles. The molecule has 0 saturated carbocycles. The topological polar surface area (TPSA) is 57.2 Å². The summed E-state index contributed by atoms with van der Waals surface area (Å²) in [5.74, 6) is -12.9. The average Bonchev–Trinajstić information content (AvgIpc) is 2.43. The van der Waals surface area contributed by atoms with Gasteiger partial charge in [0, 0.05) is 6.42 Å². The van der Waals surface area contributed by atoms with Crippen LogP contribution in [0.25, 0.3) is 0 Å². The molecule has 0 heterocycles. The first-order valence-electron chi connectivity index (χ1n) is 7.17. The summed E-state index contributed by atoms with van der Waals surface area (Å²) in [5.41, 5.74) is 0. The Morgan fingerprint density at radius 1 is 0.778 bits per heavy atom. The summed E-state index contributed by atoms with van der Waals surface area (Å²) in [6, 6.07) is 0. The van der Waals surface area contributed by atoms with Crippen LogP contribution in [0.3, 0.4) is 0 Å². The number of rotatable bonds is 11. The third-order valence-electron chi connectivity index (χ3n) is 3.41. The Bertz CT molecular complexity index is 550. The number of halogens is 10. The van der Waals surface area contributed by atoms with Gasteiger partial charge in [-0.15, -0.1) is 0 Å². The van der Waals surface area contributed by atoms with Gasteiger partial charge >= 0.3 is 42.1 Å². The van der Waals surface area contributed by atoms with Gasteiger partial charge in [-0.25, -0.2) is 12.8 Å². The first-order chi connectivity index (χ1) is 11.4. The summed E-state index contributed by atoms with van der Waals surface area (Å²) in [5, 5.41) is -6.73. The second-order valence-corrected chi connectivity index (χ2v) is 6.98. The van der Waals surface area contributed by atoms with Crippen LogP contribution in [0.2, 0.25) is 0 Å². The minimum atomic E-state index is -7.20. The maximum Gasteiger partial charge on any atom is 1.00 e. The number of hydrogen-bond donors (Lipinski definition) is 0. The number of unbranched alkanes of at least 4 members (excludes halogenated alkanes) is 4. The fourth-order valence-electron chi connectivity index (χ4n) is 1.91. The molecule has 0 spiro atoms. The summed E-state index contributed by atoms with van der Waals surface area (Å²) in [7, 11) is -7.20. The van der Waals surface area contributed by atoms with E-state index in [0.717, 1.165) is 0 Å². The van der Waals surface area contributed by atoms with E-state index in [1.807, 2.05) is 0 Å². The van der Waals surface area contributed by atoms with Gasteiger partial charge in [-0.2, -0.15) is 39.5 Å². The molecule has 0 radical (unpaired) electrons. The molecule has 0 saturated heterocycles. The van der Waals surface area contributed by atoms with Crippen LogP contribution < -0.4 is 18.9 Å². The smallest absolute Gasteiger partial charge is 0.743 e. The van der Waals surface area contributed by atoms with E-state index >= 15 is 0 Å². The van der Waals surface area contributed by atoms with Crippen LogP contribution in [0.15, 0.2) is 0 Å². The molecular formula is C12H15F10LiO3S. The van der Waals surface area contributed by atoms with Gasteiger partial charge in [0.1, 0.15) is 0 Å². The van der Waals surface area contributed by atoms with Gasteiger partial charge < -0.3 is 4.55 Å². The Morgan fingerprint density at radius 3 is 1.59 bits per heavy atom. The van der Waals surface area contributed by atoms with Crippen molar-refractivity contribution in [3.8, 4) is 0 Å². The normalized spacial score (nSPS) is 15.4. The Labute approximate surface area is 160 Å². The average molecular weight is 436 g/mol. The molecule has 158 valence electrons. The molecule has 1 unspecified atom stereocenters. The van der Waals surface area contributed by atoms with Crippen molar-refractivity contribution in [1.82, 2.24) is 0 Å². The van der Waals surface area contributed by atoms with Crippen molar-refractivity contribution in [3.05, 3.63) is 0 Å². The standard InChI is InChI=1S/C12H16F10O3S.Li/c13-8(6-4-2-1-3-5-7-9(14,15)16)10(17,18)11(19,20)12(21,22)26(23,24)25;/h8H,1-7H2,(H,23,24,25);/q;+1/p-1. The third-order valence-corrected chi connectivity index (χ3v) is 4.29. The molecule has 0 aromatic rings. The SMILES string of the molecule is O=S(=O)([O-])C(F)(F)C(F)(F)C(F)(F)C(F)CCCCCCCC(F)(F)F.[Li+]. The predicted molar refractivity (Wildman–Crippen MR) is 67.8 cm³/mol. The Kier molecular flexibility index (Phi) is 10.8. The van der Waals surface area contributed by atoms with E-state index in [9.17, 15) is 56.9 Å². The van der Waals surface area contributed by atoms with E-state index in [-0.39, 0.29) is 44.5 Å². The molecule has 3 nitrogen and oxygen atoms in total. The molecule has 0 fully saturated rings. The van der Waals surface area contributed by atoms with Crippen LogP contribution in [-0.2, 0) is 10.1 Å². The van der Waals surface area contributed by atoms with E-state index in [1.165, 1.54) is 0 Å². The quantitative estimate of drug-likeness (QED) is 0.216. The summed E-state index contributed by atoms with van der Waals surface area (Å²) in [6.07, 6.45) is -11.7. The molecule has 0 N–H and O–H groups in total. The van der Waals surface area contributed by atoms with Gasteiger partial charge in [-0.05, 0) is 12.8 Å². The van der Waals surface area contributed by atoms with Crippen molar-refractivity contribution >= 4 is 10.1 Å². The second kappa shape index (κ2) is 10.0. The third kappa shape index (κ3) is 7.62. The molecule has 0 rings (SSSR count). The van der Waals surface area contributed by atoms with Crippen LogP contribution in [-0.4, -0.2) is 42.4 Å². The Hall–Kier alpha value is -0.193. The van der Waals surface area contributed by atoms with Crippen molar-refractivity contribution < 1.29 is 75.7 Å². The van der Waals surface area contributed by atoms with Crippen LogP contribution in [0.5, 0.6) is 0 Å². The van der Waals surface area contributed by atoms with E-state index in [2.05, 4.69) is 0 Å². The van der Waals surface area contributed by atoms with Crippen LogP contribution >= 0.6 is 0 Å². The molecule has 0 aromatic carbocycles. The van der Waals surface area contributed by atoms with Crippen molar-refractivity contribution in [2.24, 2.45) is 0 Å². The maximum absolute atomic E-state index is 13.3. The number of alkyl halides is 10. The zero-order chi connectivity index (χ0) is 21.0. The van der Waals surface area contributed by atoms with Gasteiger partial charge in [0.15, 0.2) is 16.3 Å². The van der Waals surface area contributed by atoms with Crippen molar-refractivity contribution in [1.29, 1.82) is 0 Å². The summed E-state index contributed by atoms with van der Waals surface area (Å²) >= 11 is 0. The summed E-state index contributed by atoms with van der Waals surface area (Å²) in [4.78, 5) is 0. The van der Waals surface area contributed by atoms with Crippen LogP contribution in [0.4, 0.5) is 43.9 Å². The van der Waals surface area contributed by atoms with Gasteiger partial charge in [-0.3, -0.25) is 0 Å². The zero-order valence-corrected chi connectivity index (χ0v) is 14.8. The fraction of sp³-hybridized carbons (Fsp3) is 1.00. The molecular weight excluding hydrogens is 421 g/mol. The molecule has 0 bridgehead atoms. The van der Waals surface area contributed by atoms with E-state index < -0.39 is 58.8 Å². The molecule has 15 heteroatoms. The van der Waals surface area contributed by atoms with E-state index in [0.29, 0.717) is 0 Å². The first-order valence-corrected chi connectivity index (χ1v) is 8.58. The predicted octanol–water partition coefficient (Wildman–Crippen LogP) is 2.03. The molecule has 0 aromatic heterocycles. The summed E-state index contributed by atoms with van der Waals surface area (Å²) < 4.78 is 157. The minimum Gasteiger partial charge on any atom is -0.743 e. The summed E-state index contributed by atoms with van der Waals surface area (Å²) in [6.45, 7) is 0. The Balaban J connectivity index is 0. The van der Waals surface area contributed by atoms with Crippen LogP contribution in [0, 0.1) is 0 Å². The number of hydrogen-bond acceptors (Lipinski definition) is 3. The molecule has 0 aliphatic rings. The maximum atomic E-state index is 13.3. The molecule has 1 atom stereocenters. The van der Waals surface area contributed by atoms with Gasteiger partial charge in [0.25, 0.3) is 0 Å². The van der Waals surface area contributed by atoms with E-state index in [1.54, 1.807) is 0 Å². The molecule has 0 aliphatic heterocycles. The molecule has 27 heavy (non-hydrogen) atoms. The molecule has 0 amide bonds. The van der Waals surface area contributed by atoms with E-state index in [4.69, 9.17) is 0 Å². The fourth-order valence-corrected chi connectivity index (χ4v) is 2.36. The second-order valence-electron chi connectivity index (χ2n) is 5.56. The minimum absolute atomic E-state index is 0. The Morgan fingerprint density at radius 2 is 1.19 bits per heavy atom. The zero-order valence-electron chi connectivity index (χ0n) is 13.9. The van der Waals surface area contributed by atoms with Gasteiger partial charge in [0.2, 0.25) is 0 Å². The van der Waals surface area contributed by atoms with Gasteiger partial charge in [0.05, 0.1) is 0 Å². The van der Waals surface area contributed by atoms with Crippen molar-refractivity contribution in [3.63, 3.8) is 0 Å². The van der Waals surface area contributed by atoms with Gasteiger partial charge in [-0.1, -0.05) is 25.7 Å². The monoisotopic (exact) mass is 436 g/mol. The largest absolute Gasteiger partial charge is 1.00 e.